The van der Waals surface area contributed by atoms with Gasteiger partial charge in [-0.1, -0.05) is 26.0 Å². The second-order valence-electron chi connectivity index (χ2n) is 12.4. The molecule has 0 radical (unpaired) electrons. The van der Waals surface area contributed by atoms with Gasteiger partial charge in [0, 0.05) is 11.6 Å². The predicted molar refractivity (Wildman–Crippen MR) is 163 cm³/mol. The Kier molecular flexibility index (Phi) is 8.80. The van der Waals surface area contributed by atoms with E-state index < -0.39 is 23.1 Å². The molecule has 9 heteroatoms. The molecule has 0 aliphatic rings. The van der Waals surface area contributed by atoms with Gasteiger partial charge in [-0.05, 0) is 88.2 Å². The fourth-order valence-corrected chi connectivity index (χ4v) is 5.33. The van der Waals surface area contributed by atoms with Crippen LogP contribution in [0.25, 0.3) is 21.7 Å². The molecule has 4 aromatic rings. The second kappa shape index (κ2) is 12.0. The number of ether oxygens (including phenoxy) is 3. The summed E-state index contributed by atoms with van der Waals surface area (Å²) in [6.45, 7) is 13.2. The minimum atomic E-state index is -0.840. The Morgan fingerprint density at radius 2 is 1.74 bits per heavy atom. The number of alkyl carbamates (subject to hydrolysis) is 1. The van der Waals surface area contributed by atoms with Gasteiger partial charge in [0.15, 0.2) is 11.6 Å². The number of nitrogens with one attached hydrogen (secondary N) is 1. The number of benzene rings is 2. The SMILES string of the molecule is COc1ccc(Cn2c(=O)c3c(C)nccc3c3ccc(OC[C@@](C)(CC(C)C)NC(=O)OC(C)(C)C)c(F)c32)cc1. The molecule has 4 rings (SSSR count). The largest absolute Gasteiger partial charge is 0.497 e. The van der Waals surface area contributed by atoms with Gasteiger partial charge in [-0.2, -0.15) is 0 Å². The number of methoxy groups -OCH3 is 1. The smallest absolute Gasteiger partial charge is 0.408 e. The predicted octanol–water partition coefficient (Wildman–Crippen LogP) is 6.76. The molecule has 224 valence electrons. The number of nitrogens with zero attached hydrogens (tertiary/aromatic N) is 2. The zero-order chi connectivity index (χ0) is 30.8. The van der Waals surface area contributed by atoms with Crippen molar-refractivity contribution in [2.24, 2.45) is 5.92 Å². The number of carbonyl (C=O) groups is 1. The lowest BCUT2D eigenvalue weighted by molar-refractivity contribution is 0.0406. The molecule has 2 aromatic heterocycles. The number of amides is 1. The summed E-state index contributed by atoms with van der Waals surface area (Å²) >= 11 is 0. The van der Waals surface area contributed by atoms with Crippen LogP contribution in [-0.2, 0) is 11.3 Å². The number of hydrogen-bond donors (Lipinski definition) is 1. The zero-order valence-corrected chi connectivity index (χ0v) is 25.6. The van der Waals surface area contributed by atoms with Crippen LogP contribution >= 0.6 is 0 Å². The first-order valence-electron chi connectivity index (χ1n) is 14.1. The normalized spacial score (nSPS) is 13.3. The Morgan fingerprint density at radius 1 is 1.05 bits per heavy atom. The van der Waals surface area contributed by atoms with E-state index in [0.29, 0.717) is 34.0 Å². The van der Waals surface area contributed by atoms with Gasteiger partial charge in [0.2, 0.25) is 0 Å². The second-order valence-corrected chi connectivity index (χ2v) is 12.4. The fraction of sp³-hybridized carbons (Fsp3) is 0.424. The molecule has 2 heterocycles. The minimum absolute atomic E-state index is 0.00777. The highest BCUT2D eigenvalue weighted by molar-refractivity contribution is 6.06. The van der Waals surface area contributed by atoms with Crippen molar-refractivity contribution in [3.63, 3.8) is 0 Å². The van der Waals surface area contributed by atoms with Gasteiger partial charge in [0.1, 0.15) is 18.0 Å². The quantitative estimate of drug-likeness (QED) is 0.221. The molecule has 1 atom stereocenters. The first-order valence-corrected chi connectivity index (χ1v) is 14.1. The van der Waals surface area contributed by atoms with Crippen molar-refractivity contribution in [2.45, 2.75) is 72.6 Å². The van der Waals surface area contributed by atoms with E-state index in [1.807, 2.05) is 32.9 Å². The lowest BCUT2D eigenvalue weighted by atomic mass is 9.91. The number of hydrogen-bond acceptors (Lipinski definition) is 6. The van der Waals surface area contributed by atoms with Gasteiger partial charge in [0.25, 0.3) is 5.56 Å². The van der Waals surface area contributed by atoms with Crippen molar-refractivity contribution in [1.29, 1.82) is 0 Å². The zero-order valence-electron chi connectivity index (χ0n) is 25.6. The molecule has 0 unspecified atom stereocenters. The van der Waals surface area contributed by atoms with E-state index in [-0.39, 0.29) is 35.9 Å². The van der Waals surface area contributed by atoms with E-state index in [4.69, 9.17) is 14.2 Å². The Bertz CT molecular complexity index is 1660. The molecule has 0 aliphatic carbocycles. The first kappa shape index (κ1) is 30.8. The molecular formula is C33H40FN3O5. The Hall–Kier alpha value is -4.14. The van der Waals surface area contributed by atoms with Gasteiger partial charge in [-0.3, -0.25) is 9.78 Å². The third kappa shape index (κ3) is 6.83. The maximum atomic E-state index is 16.4. The number of halogens is 1. The van der Waals surface area contributed by atoms with Crippen molar-refractivity contribution in [1.82, 2.24) is 14.9 Å². The highest BCUT2D eigenvalue weighted by Crippen LogP contribution is 2.32. The lowest BCUT2D eigenvalue weighted by Crippen LogP contribution is -2.52. The van der Waals surface area contributed by atoms with Crippen molar-refractivity contribution in [2.75, 3.05) is 13.7 Å². The molecule has 0 spiro atoms. The average molecular weight is 578 g/mol. The van der Waals surface area contributed by atoms with Crippen LogP contribution < -0.4 is 20.3 Å². The number of pyridine rings is 2. The standard InChI is InChI=1S/C33H40FN3O5/c1-20(2)17-33(7,36-31(39)42-32(4,5)6)19-41-26-14-13-25-24-15-16-35-21(3)27(24)30(38)37(29(25)28(26)34)18-22-9-11-23(40-8)12-10-22/h9-16,20H,17-19H2,1-8H3,(H,36,39)/t33-/m1/s1. The highest BCUT2D eigenvalue weighted by Gasteiger charge is 2.31. The Labute approximate surface area is 245 Å². The minimum Gasteiger partial charge on any atom is -0.497 e. The highest BCUT2D eigenvalue weighted by atomic mass is 19.1. The van der Waals surface area contributed by atoms with E-state index in [1.54, 1.807) is 71.3 Å². The van der Waals surface area contributed by atoms with Crippen LogP contribution in [0, 0.1) is 18.7 Å². The molecule has 0 fully saturated rings. The summed E-state index contributed by atoms with van der Waals surface area (Å²) in [5.74, 6) is 0.226. The number of aromatic nitrogens is 2. The Balaban J connectivity index is 1.79. The van der Waals surface area contributed by atoms with Crippen LogP contribution in [0.4, 0.5) is 9.18 Å². The van der Waals surface area contributed by atoms with E-state index in [2.05, 4.69) is 10.3 Å². The maximum absolute atomic E-state index is 16.4. The van der Waals surface area contributed by atoms with Crippen LogP contribution in [0.15, 0.2) is 53.5 Å². The van der Waals surface area contributed by atoms with Crippen molar-refractivity contribution in [3.8, 4) is 11.5 Å². The lowest BCUT2D eigenvalue weighted by Gasteiger charge is -2.33. The van der Waals surface area contributed by atoms with Crippen LogP contribution in [-0.4, -0.2) is 40.5 Å². The molecular weight excluding hydrogens is 537 g/mol. The van der Waals surface area contributed by atoms with Crippen LogP contribution in [0.3, 0.4) is 0 Å². The molecule has 2 aromatic carbocycles. The summed E-state index contributed by atoms with van der Waals surface area (Å²) in [5, 5.41) is 4.56. The molecule has 0 saturated carbocycles. The summed E-state index contributed by atoms with van der Waals surface area (Å²) < 4.78 is 34.7. The topological polar surface area (TPSA) is 91.7 Å². The molecule has 0 bridgehead atoms. The maximum Gasteiger partial charge on any atom is 0.408 e. The number of fused-ring (bicyclic) bond motifs is 3. The van der Waals surface area contributed by atoms with Crippen molar-refractivity contribution >= 4 is 27.8 Å². The molecule has 42 heavy (non-hydrogen) atoms. The van der Waals surface area contributed by atoms with Gasteiger partial charge in [-0.15, -0.1) is 0 Å². The summed E-state index contributed by atoms with van der Waals surface area (Å²) in [7, 11) is 1.58. The van der Waals surface area contributed by atoms with Crippen LogP contribution in [0.5, 0.6) is 11.5 Å². The summed E-state index contributed by atoms with van der Waals surface area (Å²) in [4.78, 5) is 30.8. The van der Waals surface area contributed by atoms with Gasteiger partial charge in [-0.25, -0.2) is 9.18 Å². The van der Waals surface area contributed by atoms with E-state index >= 15 is 4.39 Å². The number of rotatable bonds is 9. The molecule has 8 nitrogen and oxygen atoms in total. The third-order valence-electron chi connectivity index (χ3n) is 6.95. The molecule has 1 amide bonds. The number of aryl methyl sites for hydroxylation is 1. The van der Waals surface area contributed by atoms with Crippen molar-refractivity contribution in [3.05, 3.63) is 76.1 Å². The fourth-order valence-electron chi connectivity index (χ4n) is 5.33. The number of carbonyl (C=O) groups excluding carboxylic acids is 1. The van der Waals surface area contributed by atoms with Crippen LogP contribution in [0.2, 0.25) is 0 Å². The van der Waals surface area contributed by atoms with Crippen molar-refractivity contribution < 1.29 is 23.4 Å². The first-order chi connectivity index (χ1) is 19.7. The summed E-state index contributed by atoms with van der Waals surface area (Å²) in [6.07, 6.45) is 1.62. The summed E-state index contributed by atoms with van der Waals surface area (Å²) in [6, 6.07) is 12.3. The van der Waals surface area contributed by atoms with E-state index in [9.17, 15) is 9.59 Å². The molecule has 0 saturated heterocycles. The summed E-state index contributed by atoms with van der Waals surface area (Å²) in [5.41, 5.74) is -0.341. The van der Waals surface area contributed by atoms with Crippen LogP contribution in [0.1, 0.15) is 59.2 Å². The third-order valence-corrected chi connectivity index (χ3v) is 6.95. The van der Waals surface area contributed by atoms with Gasteiger partial charge < -0.3 is 24.1 Å². The molecule has 0 aliphatic heterocycles. The van der Waals surface area contributed by atoms with Gasteiger partial charge >= 0.3 is 6.09 Å². The molecule has 1 N–H and O–H groups in total. The monoisotopic (exact) mass is 577 g/mol. The van der Waals surface area contributed by atoms with E-state index in [0.717, 1.165) is 5.56 Å². The Morgan fingerprint density at radius 3 is 2.36 bits per heavy atom. The van der Waals surface area contributed by atoms with Gasteiger partial charge in [0.05, 0.1) is 35.8 Å². The average Bonchev–Trinajstić information content (AvgIpc) is 2.89. The van der Waals surface area contributed by atoms with E-state index in [1.165, 1.54) is 4.57 Å².